The van der Waals surface area contributed by atoms with E-state index in [1.165, 1.54) is 0 Å². The van der Waals surface area contributed by atoms with Gasteiger partial charge in [0.2, 0.25) is 5.95 Å². The molecular weight excluding hydrogens is 545 g/mol. The van der Waals surface area contributed by atoms with E-state index in [0.29, 0.717) is 61.4 Å². The van der Waals surface area contributed by atoms with E-state index in [1.54, 1.807) is 36.2 Å². The van der Waals surface area contributed by atoms with Crippen LogP contribution in [0.25, 0.3) is 11.0 Å². The summed E-state index contributed by atoms with van der Waals surface area (Å²) in [6.45, 7) is 8.87. The first kappa shape index (κ1) is 29.8. The maximum atomic E-state index is 16.4. The average Bonchev–Trinajstić information content (AvgIpc) is 3.58. The number of alkyl halides is 1. The predicted molar refractivity (Wildman–Crippen MR) is 163 cm³/mol. The van der Waals surface area contributed by atoms with Crippen LogP contribution in [0.3, 0.4) is 0 Å². The van der Waals surface area contributed by atoms with E-state index in [4.69, 9.17) is 22.3 Å². The average molecular weight is 588 g/mol. The maximum absolute atomic E-state index is 16.4. The molecule has 1 aliphatic heterocycles. The molecule has 0 amide bonds. The highest BCUT2D eigenvalue weighted by atomic mass is 35.5. The number of anilines is 3. The Hall–Kier alpha value is -2.69. The first-order valence-corrected chi connectivity index (χ1v) is 15.0. The number of nitrogens with two attached hydrogens (primary N) is 1. The number of imidazole rings is 1. The van der Waals surface area contributed by atoms with E-state index in [9.17, 15) is 9.90 Å². The van der Waals surface area contributed by atoms with Gasteiger partial charge < -0.3 is 21.1 Å². The van der Waals surface area contributed by atoms with Crippen molar-refractivity contribution in [2.24, 2.45) is 24.6 Å². The Morgan fingerprint density at radius 3 is 2.66 bits per heavy atom. The van der Waals surface area contributed by atoms with Gasteiger partial charge in [-0.25, -0.2) is 14.2 Å². The third-order valence-corrected chi connectivity index (χ3v) is 9.26. The van der Waals surface area contributed by atoms with Crippen molar-refractivity contribution in [3.8, 4) is 0 Å². The lowest BCUT2D eigenvalue weighted by Gasteiger charge is -2.48. The van der Waals surface area contributed by atoms with Crippen LogP contribution in [0.15, 0.2) is 29.2 Å². The summed E-state index contributed by atoms with van der Waals surface area (Å²) >= 11 is 6.53. The van der Waals surface area contributed by atoms with Crippen molar-refractivity contribution in [2.45, 2.75) is 89.6 Å². The molecule has 1 aliphatic carbocycles. The van der Waals surface area contributed by atoms with Crippen molar-refractivity contribution in [2.75, 3.05) is 23.3 Å². The molecule has 224 valence electrons. The zero-order valence-corrected chi connectivity index (χ0v) is 25.5. The van der Waals surface area contributed by atoms with Crippen LogP contribution < -0.4 is 21.6 Å². The molecule has 2 aliphatic rings. The Morgan fingerprint density at radius 1 is 1.27 bits per heavy atom. The molecule has 5 rings (SSSR count). The molecule has 11 heteroatoms. The van der Waals surface area contributed by atoms with Gasteiger partial charge in [0.25, 0.3) is 0 Å². The van der Waals surface area contributed by atoms with Gasteiger partial charge in [-0.15, -0.1) is 0 Å². The molecule has 3 heterocycles. The third kappa shape index (κ3) is 6.10. The smallest absolute Gasteiger partial charge is 0.328 e. The molecule has 1 saturated carbocycles. The van der Waals surface area contributed by atoms with E-state index < -0.39 is 11.3 Å². The second-order valence-corrected chi connectivity index (χ2v) is 13.4. The van der Waals surface area contributed by atoms with E-state index in [-0.39, 0.29) is 23.1 Å². The van der Waals surface area contributed by atoms with Crippen LogP contribution in [0, 0.1) is 11.8 Å². The number of hydrogen-bond acceptors (Lipinski definition) is 7. The van der Waals surface area contributed by atoms with Crippen molar-refractivity contribution in [1.29, 1.82) is 0 Å². The van der Waals surface area contributed by atoms with Crippen LogP contribution in [0.2, 0.25) is 5.02 Å². The van der Waals surface area contributed by atoms with Crippen molar-refractivity contribution in [1.82, 2.24) is 19.1 Å². The number of aryl methyl sites for hydroxylation is 2. The Bertz CT molecular complexity index is 1480. The Balaban J connectivity index is 1.41. The summed E-state index contributed by atoms with van der Waals surface area (Å²) in [5.41, 5.74) is 6.16. The van der Waals surface area contributed by atoms with Gasteiger partial charge >= 0.3 is 5.69 Å². The number of aromatic nitrogens is 4. The van der Waals surface area contributed by atoms with Crippen LogP contribution in [0.4, 0.5) is 21.8 Å². The quantitative estimate of drug-likeness (QED) is 0.300. The Labute approximate surface area is 245 Å². The monoisotopic (exact) mass is 587 g/mol. The number of aliphatic hydroxyl groups is 1. The predicted octanol–water partition coefficient (Wildman–Crippen LogP) is 5.15. The number of piperidine rings is 1. The minimum absolute atomic E-state index is 0.144. The minimum Gasteiger partial charge on any atom is -0.390 e. The number of rotatable bonds is 10. The van der Waals surface area contributed by atoms with E-state index in [0.717, 1.165) is 30.3 Å². The van der Waals surface area contributed by atoms with Crippen molar-refractivity contribution >= 4 is 40.1 Å². The van der Waals surface area contributed by atoms with Crippen molar-refractivity contribution in [3.63, 3.8) is 0 Å². The number of hydrogen-bond donors (Lipinski definition) is 3. The first-order valence-electron chi connectivity index (χ1n) is 14.7. The summed E-state index contributed by atoms with van der Waals surface area (Å²) in [6.07, 6.45) is 5.88. The highest BCUT2D eigenvalue weighted by Gasteiger charge is 2.52. The molecule has 3 atom stereocenters. The molecule has 41 heavy (non-hydrogen) atoms. The number of halogens is 2. The van der Waals surface area contributed by atoms with Gasteiger partial charge in [-0.2, -0.15) is 4.98 Å². The number of nitrogens with one attached hydrogen (secondary N) is 1. The number of fused-ring (bicyclic) bond motifs is 1. The highest BCUT2D eigenvalue weighted by Crippen LogP contribution is 2.48. The van der Waals surface area contributed by atoms with Crippen LogP contribution in [-0.4, -0.2) is 54.1 Å². The number of benzene rings is 1. The summed E-state index contributed by atoms with van der Waals surface area (Å²) < 4.78 is 19.7. The minimum atomic E-state index is -1.26. The number of nitrogens with zero attached hydrogens (tertiary/aromatic N) is 5. The second-order valence-electron chi connectivity index (χ2n) is 13.0. The van der Waals surface area contributed by atoms with E-state index >= 15 is 4.39 Å². The van der Waals surface area contributed by atoms with Crippen LogP contribution in [-0.2, 0) is 13.6 Å². The topological polar surface area (TPSA) is 114 Å². The largest absolute Gasteiger partial charge is 0.390 e. The lowest BCUT2D eigenvalue weighted by atomic mass is 9.70. The van der Waals surface area contributed by atoms with Gasteiger partial charge in [0, 0.05) is 49.7 Å². The van der Waals surface area contributed by atoms with Gasteiger partial charge in [-0.1, -0.05) is 31.9 Å². The molecule has 2 aromatic heterocycles. The Kier molecular flexibility index (Phi) is 7.89. The molecule has 0 bridgehead atoms. The van der Waals surface area contributed by atoms with Crippen molar-refractivity contribution < 1.29 is 9.50 Å². The molecule has 0 radical (unpaired) electrons. The fourth-order valence-corrected chi connectivity index (χ4v) is 6.43. The van der Waals surface area contributed by atoms with Gasteiger partial charge in [0.15, 0.2) is 5.82 Å². The lowest BCUT2D eigenvalue weighted by Crippen LogP contribution is -2.56. The fraction of sp³-hybridized carbons (Fsp3) is 0.633. The fourth-order valence-electron chi connectivity index (χ4n) is 6.29. The van der Waals surface area contributed by atoms with Crippen LogP contribution in [0.5, 0.6) is 0 Å². The summed E-state index contributed by atoms with van der Waals surface area (Å²) in [5.74, 6) is 0.539. The van der Waals surface area contributed by atoms with Crippen LogP contribution in [0.1, 0.15) is 66.2 Å². The lowest BCUT2D eigenvalue weighted by molar-refractivity contribution is -0.00800. The van der Waals surface area contributed by atoms with Gasteiger partial charge in [-0.05, 0) is 64.2 Å². The zero-order valence-electron chi connectivity index (χ0n) is 24.8. The molecule has 3 unspecified atom stereocenters. The first-order chi connectivity index (χ1) is 19.2. The molecular formula is C30H43ClFN7O2. The second kappa shape index (κ2) is 10.9. The zero-order chi connectivity index (χ0) is 29.7. The molecule has 4 N–H and O–H groups in total. The third-order valence-electron chi connectivity index (χ3n) is 8.98. The highest BCUT2D eigenvalue weighted by molar-refractivity contribution is 6.32. The summed E-state index contributed by atoms with van der Waals surface area (Å²) in [4.78, 5) is 24.3. The molecule has 1 saturated heterocycles. The molecule has 9 nitrogen and oxygen atoms in total. The van der Waals surface area contributed by atoms with Crippen LogP contribution >= 0.6 is 11.6 Å². The van der Waals surface area contributed by atoms with Crippen molar-refractivity contribution in [3.05, 3.63) is 39.9 Å². The summed E-state index contributed by atoms with van der Waals surface area (Å²) in [7, 11) is 1.74. The normalized spacial score (nSPS) is 24.2. The van der Waals surface area contributed by atoms with Gasteiger partial charge in [0.05, 0.1) is 22.8 Å². The molecule has 0 spiro atoms. The molecule has 3 aromatic rings. The van der Waals surface area contributed by atoms with E-state index in [1.807, 2.05) is 32.0 Å². The van der Waals surface area contributed by atoms with Gasteiger partial charge in [-0.3, -0.25) is 9.13 Å². The van der Waals surface area contributed by atoms with Gasteiger partial charge in [0.1, 0.15) is 10.7 Å². The molecule has 1 aromatic carbocycles. The summed E-state index contributed by atoms with van der Waals surface area (Å²) in [5, 5.41) is 13.9. The standard InChI is InChI=1S/C30H43ClFN7O2/c1-6-9-30(32)19(2)17-38(18-20(30)15-29(33)10-11-29)26-34-16-22(31)25(36-26)35-21-7-8-23-24(14-21)39(27(40)37(23)5)13-12-28(3,4)41/h7-8,14,16,19-20,41H,6,9-13,15,17-18,33H2,1-5H3,(H,34,35,36). The summed E-state index contributed by atoms with van der Waals surface area (Å²) in [6, 6.07) is 5.64. The maximum Gasteiger partial charge on any atom is 0.328 e. The molecule has 2 fully saturated rings. The Morgan fingerprint density at radius 2 is 2.00 bits per heavy atom. The SMILES string of the molecule is CCCC1(F)C(C)CN(c2ncc(Cl)c(Nc3ccc4c(c3)n(CCC(C)(C)O)c(=O)n4C)n2)CC1CC1(N)CC1. The van der Waals surface area contributed by atoms with E-state index in [2.05, 4.69) is 15.2 Å².